The van der Waals surface area contributed by atoms with Crippen molar-refractivity contribution in [3.63, 3.8) is 0 Å². The van der Waals surface area contributed by atoms with Crippen LogP contribution in [-0.4, -0.2) is 36.5 Å². The van der Waals surface area contributed by atoms with Crippen LogP contribution in [0.3, 0.4) is 0 Å². The van der Waals surface area contributed by atoms with Crippen molar-refractivity contribution in [1.82, 2.24) is 10.2 Å². The Kier molecular flexibility index (Phi) is 4.58. The van der Waals surface area contributed by atoms with Crippen molar-refractivity contribution in [1.29, 1.82) is 0 Å². The minimum absolute atomic E-state index is 0.0161. The van der Waals surface area contributed by atoms with Crippen molar-refractivity contribution in [3.8, 4) is 0 Å². The first-order valence-corrected chi connectivity index (χ1v) is 9.43. The van der Waals surface area contributed by atoms with Gasteiger partial charge in [0, 0.05) is 18.5 Å². The Hall–Kier alpha value is -2.13. The molecule has 25 heavy (non-hydrogen) atoms. The van der Waals surface area contributed by atoms with E-state index in [1.807, 2.05) is 0 Å². The third-order valence-electron chi connectivity index (χ3n) is 5.82. The number of nitrogens with zero attached hydrogens (tertiary/aromatic N) is 1. The molecule has 1 atom stereocenters. The van der Waals surface area contributed by atoms with Gasteiger partial charge in [-0.05, 0) is 43.4 Å². The number of nitrogens with one attached hydrogen (secondary N) is 1. The highest BCUT2D eigenvalue weighted by molar-refractivity contribution is 5.82. The number of rotatable bonds is 3. The second kappa shape index (κ2) is 7.01. The Morgan fingerprint density at radius 1 is 0.960 bits per heavy atom. The molecular formula is C22H26N2O. The highest BCUT2D eigenvalue weighted by Crippen LogP contribution is 2.40. The summed E-state index contributed by atoms with van der Waals surface area (Å²) in [5.41, 5.74) is 2.53. The van der Waals surface area contributed by atoms with Crippen LogP contribution in [0.25, 0.3) is 0 Å². The first-order valence-electron chi connectivity index (χ1n) is 9.43. The molecule has 0 bridgehead atoms. The number of carbonyl (C=O) groups is 1. The van der Waals surface area contributed by atoms with Gasteiger partial charge in [-0.1, -0.05) is 60.7 Å². The minimum atomic E-state index is -0.102. The first-order chi connectivity index (χ1) is 12.3. The molecule has 3 heteroatoms. The molecule has 2 fully saturated rings. The number of amides is 1. The van der Waals surface area contributed by atoms with Crippen molar-refractivity contribution in [2.75, 3.05) is 19.6 Å². The number of benzene rings is 2. The minimum Gasteiger partial charge on any atom is -0.340 e. The second-order valence-electron chi connectivity index (χ2n) is 7.33. The van der Waals surface area contributed by atoms with Crippen molar-refractivity contribution in [2.24, 2.45) is 0 Å². The predicted octanol–water partition coefficient (Wildman–Crippen LogP) is 3.35. The zero-order valence-electron chi connectivity index (χ0n) is 14.7. The van der Waals surface area contributed by atoms with Crippen LogP contribution in [0.1, 0.15) is 36.8 Å². The largest absolute Gasteiger partial charge is 0.340 e. The van der Waals surface area contributed by atoms with Crippen LogP contribution in [0.2, 0.25) is 0 Å². The van der Waals surface area contributed by atoms with E-state index in [1.54, 1.807) is 0 Å². The maximum absolute atomic E-state index is 13.0. The maximum atomic E-state index is 13.0. The van der Waals surface area contributed by atoms with E-state index in [-0.39, 0.29) is 17.4 Å². The molecule has 2 aromatic carbocycles. The van der Waals surface area contributed by atoms with Gasteiger partial charge in [-0.3, -0.25) is 4.79 Å². The fourth-order valence-corrected chi connectivity index (χ4v) is 4.51. The van der Waals surface area contributed by atoms with E-state index in [0.717, 1.165) is 45.3 Å². The van der Waals surface area contributed by atoms with Crippen LogP contribution in [0.15, 0.2) is 60.7 Å². The summed E-state index contributed by atoms with van der Waals surface area (Å²) in [7, 11) is 0. The molecule has 1 amide bonds. The number of hydrogen-bond acceptors (Lipinski definition) is 2. The van der Waals surface area contributed by atoms with Crippen molar-refractivity contribution in [3.05, 3.63) is 71.8 Å². The van der Waals surface area contributed by atoms with Gasteiger partial charge in [-0.2, -0.15) is 0 Å². The predicted molar refractivity (Wildman–Crippen MR) is 101 cm³/mol. The fourth-order valence-electron chi connectivity index (χ4n) is 4.51. The molecule has 2 aliphatic heterocycles. The highest BCUT2D eigenvalue weighted by Gasteiger charge is 2.41. The Morgan fingerprint density at radius 2 is 1.60 bits per heavy atom. The monoisotopic (exact) mass is 334 g/mol. The molecule has 2 aliphatic rings. The summed E-state index contributed by atoms with van der Waals surface area (Å²) in [4.78, 5) is 15.1. The quantitative estimate of drug-likeness (QED) is 0.934. The summed E-state index contributed by atoms with van der Waals surface area (Å²) in [6.07, 6.45) is 4.21. The third kappa shape index (κ3) is 3.09. The fraction of sp³-hybridized carbons (Fsp3) is 0.409. The molecule has 0 aromatic heterocycles. The van der Waals surface area contributed by atoms with Crippen molar-refractivity contribution < 1.29 is 4.79 Å². The van der Waals surface area contributed by atoms with E-state index < -0.39 is 0 Å². The molecule has 2 saturated heterocycles. The van der Waals surface area contributed by atoms with E-state index in [1.165, 1.54) is 11.1 Å². The van der Waals surface area contributed by atoms with Crippen LogP contribution in [0.4, 0.5) is 0 Å². The molecule has 0 aliphatic carbocycles. The molecule has 3 nitrogen and oxygen atoms in total. The molecule has 0 spiro atoms. The van der Waals surface area contributed by atoms with Crippen LogP contribution in [0.5, 0.6) is 0 Å². The summed E-state index contributed by atoms with van der Waals surface area (Å²) in [6, 6.07) is 21.5. The van der Waals surface area contributed by atoms with Crippen LogP contribution < -0.4 is 5.32 Å². The van der Waals surface area contributed by atoms with Gasteiger partial charge in [0.25, 0.3) is 0 Å². The normalized spacial score (nSPS) is 22.7. The Bertz CT molecular complexity index is 668. The van der Waals surface area contributed by atoms with E-state index >= 15 is 0 Å². The molecule has 2 heterocycles. The summed E-state index contributed by atoms with van der Waals surface area (Å²) >= 11 is 0. The Balaban J connectivity index is 1.70. The third-order valence-corrected chi connectivity index (χ3v) is 5.82. The standard InChI is InChI=1S/C22H26N2O/c25-21(20-13-7-15-23-20)24-16-8-14-22(17-24,18-9-3-1-4-10-18)19-11-5-2-6-12-19/h1-6,9-12,20,23H,7-8,13-17H2/t20-/m0/s1. The SMILES string of the molecule is O=C([C@@H]1CCCN1)N1CCCC(c2ccccc2)(c2ccccc2)C1. The molecule has 2 aromatic rings. The van der Waals surface area contributed by atoms with Gasteiger partial charge in [-0.25, -0.2) is 0 Å². The van der Waals surface area contributed by atoms with E-state index in [0.29, 0.717) is 0 Å². The molecule has 0 saturated carbocycles. The lowest BCUT2D eigenvalue weighted by molar-refractivity contribution is -0.135. The average Bonchev–Trinajstić information content (AvgIpc) is 3.23. The lowest BCUT2D eigenvalue weighted by atomic mass is 9.69. The molecular weight excluding hydrogens is 308 g/mol. The lowest BCUT2D eigenvalue weighted by Crippen LogP contribution is -2.53. The number of carbonyl (C=O) groups excluding carboxylic acids is 1. The van der Waals surface area contributed by atoms with Gasteiger partial charge in [0.05, 0.1) is 6.04 Å². The van der Waals surface area contributed by atoms with Gasteiger partial charge in [0.2, 0.25) is 5.91 Å². The summed E-state index contributed by atoms with van der Waals surface area (Å²) in [5.74, 6) is 0.286. The van der Waals surface area contributed by atoms with Crippen LogP contribution in [-0.2, 0) is 10.2 Å². The highest BCUT2D eigenvalue weighted by atomic mass is 16.2. The zero-order chi connectivity index (χ0) is 17.1. The molecule has 1 N–H and O–H groups in total. The summed E-state index contributed by atoms with van der Waals surface area (Å²) < 4.78 is 0. The summed E-state index contributed by atoms with van der Waals surface area (Å²) in [6.45, 7) is 2.61. The topological polar surface area (TPSA) is 32.3 Å². The zero-order valence-corrected chi connectivity index (χ0v) is 14.7. The van der Waals surface area contributed by atoms with E-state index in [4.69, 9.17) is 0 Å². The van der Waals surface area contributed by atoms with Gasteiger partial charge in [0.1, 0.15) is 0 Å². The number of likely N-dealkylation sites (tertiary alicyclic amines) is 1. The van der Waals surface area contributed by atoms with Crippen molar-refractivity contribution in [2.45, 2.75) is 37.1 Å². The van der Waals surface area contributed by atoms with Crippen molar-refractivity contribution >= 4 is 5.91 Å². The smallest absolute Gasteiger partial charge is 0.239 e. The van der Waals surface area contributed by atoms with Gasteiger partial charge < -0.3 is 10.2 Å². The molecule has 130 valence electrons. The van der Waals surface area contributed by atoms with E-state index in [9.17, 15) is 4.79 Å². The first kappa shape index (κ1) is 16.3. The second-order valence-corrected chi connectivity index (χ2v) is 7.33. The van der Waals surface area contributed by atoms with Crippen LogP contribution >= 0.6 is 0 Å². The average molecular weight is 334 g/mol. The number of piperidine rings is 1. The number of hydrogen-bond donors (Lipinski definition) is 1. The van der Waals surface area contributed by atoms with E-state index in [2.05, 4.69) is 70.9 Å². The lowest BCUT2D eigenvalue weighted by Gasteiger charge is -2.44. The Labute approximate surface area is 150 Å². The molecule has 0 unspecified atom stereocenters. The Morgan fingerprint density at radius 3 is 2.16 bits per heavy atom. The molecule has 0 radical (unpaired) electrons. The van der Waals surface area contributed by atoms with Gasteiger partial charge >= 0.3 is 0 Å². The molecule has 4 rings (SSSR count). The summed E-state index contributed by atoms with van der Waals surface area (Å²) in [5, 5.41) is 3.37. The maximum Gasteiger partial charge on any atom is 0.239 e. The van der Waals surface area contributed by atoms with Gasteiger partial charge in [0.15, 0.2) is 0 Å². The van der Waals surface area contributed by atoms with Gasteiger partial charge in [-0.15, -0.1) is 0 Å². The van der Waals surface area contributed by atoms with Crippen LogP contribution in [0, 0.1) is 0 Å².